The fraction of sp³-hybridized carbons (Fsp3) is 0.923. The summed E-state index contributed by atoms with van der Waals surface area (Å²) in [5.74, 6) is 0.334. The highest BCUT2D eigenvalue weighted by Crippen LogP contribution is 2.49. The van der Waals surface area contributed by atoms with E-state index in [1.165, 1.54) is 0 Å². The third-order valence-corrected chi connectivity index (χ3v) is 3.64. The molecule has 0 radical (unpaired) electrons. The van der Waals surface area contributed by atoms with Gasteiger partial charge in [0, 0.05) is 46.9 Å². The Kier molecular flexibility index (Phi) is 7.12. The van der Waals surface area contributed by atoms with Crippen LogP contribution in [0.3, 0.4) is 0 Å². The largest absolute Gasteiger partial charge is 0.409 e. The molecule has 0 amide bonds. The Morgan fingerprint density at radius 2 is 1.95 bits per heavy atom. The molecule has 0 saturated heterocycles. The molecule has 0 heterocycles. The van der Waals surface area contributed by atoms with Crippen molar-refractivity contribution in [3.8, 4) is 0 Å². The average Bonchev–Trinajstić information content (AvgIpc) is 3.15. The minimum absolute atomic E-state index is 0.205. The number of rotatable bonds is 11. The van der Waals surface area contributed by atoms with Gasteiger partial charge in [-0.3, -0.25) is 0 Å². The van der Waals surface area contributed by atoms with E-state index >= 15 is 0 Å². The fourth-order valence-electron chi connectivity index (χ4n) is 2.38. The summed E-state index contributed by atoms with van der Waals surface area (Å²) in [5, 5.41) is 11.8. The van der Waals surface area contributed by atoms with Crippen LogP contribution in [0.15, 0.2) is 5.16 Å². The summed E-state index contributed by atoms with van der Waals surface area (Å²) >= 11 is 0. The number of hydrogen-bond donors (Lipinski definition) is 2. The zero-order valence-electron chi connectivity index (χ0n) is 12.1. The van der Waals surface area contributed by atoms with E-state index in [4.69, 9.17) is 20.4 Å². The van der Waals surface area contributed by atoms with Crippen LogP contribution in [0.25, 0.3) is 0 Å². The van der Waals surface area contributed by atoms with Crippen molar-refractivity contribution >= 4 is 5.84 Å². The van der Waals surface area contributed by atoms with Crippen LogP contribution in [0, 0.1) is 5.41 Å². The van der Waals surface area contributed by atoms with Gasteiger partial charge < -0.3 is 25.3 Å². The van der Waals surface area contributed by atoms with Gasteiger partial charge in [-0.1, -0.05) is 5.16 Å². The molecule has 3 N–H and O–H groups in total. The molecule has 1 fully saturated rings. The van der Waals surface area contributed by atoms with E-state index in [0.717, 1.165) is 52.1 Å². The first-order chi connectivity index (χ1) is 9.15. The second kappa shape index (κ2) is 8.35. The molecular weight excluding hydrogens is 246 g/mol. The van der Waals surface area contributed by atoms with Crippen LogP contribution in [0.4, 0.5) is 0 Å². The lowest BCUT2D eigenvalue weighted by Crippen LogP contribution is -2.36. The molecule has 0 bridgehead atoms. The van der Waals surface area contributed by atoms with Gasteiger partial charge in [0.2, 0.25) is 0 Å². The zero-order valence-corrected chi connectivity index (χ0v) is 12.1. The third-order valence-electron chi connectivity index (χ3n) is 3.64. The van der Waals surface area contributed by atoms with Crippen LogP contribution < -0.4 is 5.73 Å². The quantitative estimate of drug-likeness (QED) is 0.192. The van der Waals surface area contributed by atoms with Crippen molar-refractivity contribution in [1.29, 1.82) is 0 Å². The van der Waals surface area contributed by atoms with Crippen molar-refractivity contribution in [1.82, 2.24) is 4.90 Å². The predicted molar refractivity (Wildman–Crippen MR) is 74.5 cm³/mol. The van der Waals surface area contributed by atoms with E-state index in [2.05, 4.69) is 10.1 Å². The summed E-state index contributed by atoms with van der Waals surface area (Å²) in [4.78, 5) is 2.39. The monoisotopic (exact) mass is 273 g/mol. The highest BCUT2D eigenvalue weighted by molar-refractivity contribution is 5.80. The maximum atomic E-state index is 8.69. The van der Waals surface area contributed by atoms with Gasteiger partial charge in [-0.25, -0.2) is 0 Å². The number of hydrogen-bond acceptors (Lipinski definition) is 5. The van der Waals surface area contributed by atoms with Gasteiger partial charge >= 0.3 is 0 Å². The van der Waals surface area contributed by atoms with E-state index in [0.29, 0.717) is 12.3 Å². The van der Waals surface area contributed by atoms with Crippen LogP contribution in [0.1, 0.15) is 25.7 Å². The summed E-state index contributed by atoms with van der Waals surface area (Å²) in [6.45, 7) is 4.40. The molecule has 1 aliphatic carbocycles. The molecule has 1 aliphatic rings. The van der Waals surface area contributed by atoms with Crippen LogP contribution >= 0.6 is 0 Å². The smallest absolute Gasteiger partial charge is 0.139 e. The number of nitrogens with two attached hydrogens (primary N) is 1. The van der Waals surface area contributed by atoms with E-state index in [1.807, 2.05) is 0 Å². The molecule has 1 saturated carbocycles. The van der Waals surface area contributed by atoms with Crippen LogP contribution in [-0.2, 0) is 9.47 Å². The van der Waals surface area contributed by atoms with E-state index in [9.17, 15) is 0 Å². The number of amidine groups is 1. The summed E-state index contributed by atoms with van der Waals surface area (Å²) in [5.41, 5.74) is 5.84. The van der Waals surface area contributed by atoms with Crippen molar-refractivity contribution in [2.24, 2.45) is 16.3 Å². The number of methoxy groups -OCH3 is 2. The molecule has 0 unspecified atom stereocenters. The SMILES string of the molecule is COCCCN(CCOC)CC1(CC(N)=NO)CC1. The molecule has 0 atom stereocenters. The molecule has 0 aromatic heterocycles. The first kappa shape index (κ1) is 16.2. The fourth-order valence-corrected chi connectivity index (χ4v) is 2.38. The molecule has 0 aliphatic heterocycles. The first-order valence-corrected chi connectivity index (χ1v) is 6.82. The number of ether oxygens (including phenoxy) is 2. The molecule has 0 aromatic carbocycles. The van der Waals surface area contributed by atoms with Crippen molar-refractivity contribution in [2.75, 3.05) is 47.1 Å². The molecule has 112 valence electrons. The maximum absolute atomic E-state index is 8.69. The van der Waals surface area contributed by atoms with Crippen molar-refractivity contribution in [3.63, 3.8) is 0 Å². The molecule has 6 nitrogen and oxygen atoms in total. The topological polar surface area (TPSA) is 80.3 Å². The minimum atomic E-state index is 0.205. The van der Waals surface area contributed by atoms with Crippen LogP contribution in [0.2, 0.25) is 0 Å². The van der Waals surface area contributed by atoms with E-state index in [-0.39, 0.29) is 5.41 Å². The van der Waals surface area contributed by atoms with Gasteiger partial charge in [0.1, 0.15) is 5.84 Å². The summed E-state index contributed by atoms with van der Waals surface area (Å²) in [6.07, 6.45) is 3.99. The van der Waals surface area contributed by atoms with E-state index in [1.54, 1.807) is 14.2 Å². The molecule has 6 heteroatoms. The molecule has 0 aromatic rings. The van der Waals surface area contributed by atoms with Gasteiger partial charge in [-0.2, -0.15) is 0 Å². The van der Waals surface area contributed by atoms with Crippen molar-refractivity contribution in [2.45, 2.75) is 25.7 Å². The highest BCUT2D eigenvalue weighted by atomic mass is 16.5. The normalized spacial score (nSPS) is 17.9. The van der Waals surface area contributed by atoms with Gasteiger partial charge in [0.25, 0.3) is 0 Å². The Balaban J connectivity index is 2.41. The lowest BCUT2D eigenvalue weighted by molar-refractivity contribution is 0.119. The standard InChI is InChI=1S/C13H27N3O3/c1-18-8-3-6-16(7-9-19-2)11-13(4-5-13)10-12(14)15-17/h17H,3-11H2,1-2H3,(H2,14,15). The second-order valence-corrected chi connectivity index (χ2v) is 5.38. The predicted octanol–water partition coefficient (Wildman–Crippen LogP) is 0.888. The Morgan fingerprint density at radius 3 is 2.47 bits per heavy atom. The lowest BCUT2D eigenvalue weighted by atomic mass is 10.0. The Bertz CT molecular complexity index is 280. The zero-order chi connectivity index (χ0) is 14.1. The van der Waals surface area contributed by atoms with Gasteiger partial charge in [-0.15, -0.1) is 0 Å². The van der Waals surface area contributed by atoms with Gasteiger partial charge in [-0.05, 0) is 24.7 Å². The molecule has 1 rings (SSSR count). The Labute approximate surface area is 115 Å². The van der Waals surface area contributed by atoms with Crippen molar-refractivity contribution in [3.05, 3.63) is 0 Å². The van der Waals surface area contributed by atoms with E-state index < -0.39 is 0 Å². The number of oxime groups is 1. The van der Waals surface area contributed by atoms with Crippen LogP contribution in [-0.4, -0.2) is 63.0 Å². The third kappa shape index (κ3) is 6.22. The Morgan fingerprint density at radius 1 is 1.26 bits per heavy atom. The molecular formula is C13H27N3O3. The highest BCUT2D eigenvalue weighted by Gasteiger charge is 2.44. The van der Waals surface area contributed by atoms with Gasteiger partial charge in [0.15, 0.2) is 0 Å². The molecule has 0 spiro atoms. The average molecular weight is 273 g/mol. The minimum Gasteiger partial charge on any atom is -0.409 e. The summed E-state index contributed by atoms with van der Waals surface area (Å²) in [6, 6.07) is 0. The maximum Gasteiger partial charge on any atom is 0.139 e. The van der Waals surface area contributed by atoms with Crippen LogP contribution in [0.5, 0.6) is 0 Å². The van der Waals surface area contributed by atoms with Crippen molar-refractivity contribution < 1.29 is 14.7 Å². The van der Waals surface area contributed by atoms with Gasteiger partial charge in [0.05, 0.1) is 6.61 Å². The summed E-state index contributed by atoms with van der Waals surface area (Å²) < 4.78 is 10.2. The first-order valence-electron chi connectivity index (χ1n) is 6.82. The second-order valence-electron chi connectivity index (χ2n) is 5.38. The number of nitrogens with zero attached hydrogens (tertiary/aromatic N) is 2. The lowest BCUT2D eigenvalue weighted by Gasteiger charge is -2.27. The molecule has 19 heavy (non-hydrogen) atoms. The summed E-state index contributed by atoms with van der Waals surface area (Å²) in [7, 11) is 3.44. The Hall–Kier alpha value is -0.850.